The number of carbonyl (C=O) groups is 2. The van der Waals surface area contributed by atoms with Gasteiger partial charge in [-0.2, -0.15) is 0 Å². The lowest BCUT2D eigenvalue weighted by molar-refractivity contribution is -0.214. The van der Waals surface area contributed by atoms with Gasteiger partial charge < -0.3 is 13.9 Å². The van der Waals surface area contributed by atoms with Gasteiger partial charge in [-0.1, -0.05) is 36.4 Å². The SMILES string of the molecule is O=C(OP(=O)([O-])OC(=O)c1ccccc1)c1ccccc1. The van der Waals surface area contributed by atoms with Crippen LogP contribution in [0.5, 0.6) is 0 Å². The summed E-state index contributed by atoms with van der Waals surface area (Å²) < 4.78 is 20.0. The van der Waals surface area contributed by atoms with Crippen LogP contribution in [0, 0.1) is 0 Å². The Hall–Kier alpha value is -2.43. The zero-order valence-corrected chi connectivity index (χ0v) is 11.6. The molecule has 2 aromatic carbocycles. The molecule has 0 fully saturated rings. The van der Waals surface area contributed by atoms with Crippen LogP contribution in [0.3, 0.4) is 0 Å². The summed E-state index contributed by atoms with van der Waals surface area (Å²) >= 11 is 0. The van der Waals surface area contributed by atoms with E-state index in [2.05, 4.69) is 9.05 Å². The maximum Gasteiger partial charge on any atom is 0.377 e. The van der Waals surface area contributed by atoms with Crippen molar-refractivity contribution in [2.24, 2.45) is 0 Å². The predicted molar refractivity (Wildman–Crippen MR) is 71.3 cm³/mol. The second kappa shape index (κ2) is 6.35. The Morgan fingerprint density at radius 1 is 0.762 bits per heavy atom. The van der Waals surface area contributed by atoms with Crippen LogP contribution in [-0.2, 0) is 13.6 Å². The van der Waals surface area contributed by atoms with E-state index < -0.39 is 19.8 Å². The van der Waals surface area contributed by atoms with Crippen molar-refractivity contribution in [3.63, 3.8) is 0 Å². The highest BCUT2D eigenvalue weighted by Gasteiger charge is 2.22. The van der Waals surface area contributed by atoms with Gasteiger partial charge in [-0.25, -0.2) is 14.2 Å². The number of benzene rings is 2. The second-order valence-corrected chi connectivity index (χ2v) is 5.20. The standard InChI is InChI=1S/C14H11O6P/c15-13(11-7-3-1-4-8-11)19-21(17,18)20-14(16)12-9-5-2-6-10-12/h1-10H,(H,17,18)/p-1. The minimum Gasteiger partial charge on any atom is -0.736 e. The first-order valence-corrected chi connectivity index (χ1v) is 7.33. The molecule has 0 spiro atoms. The fourth-order valence-corrected chi connectivity index (χ4v) is 2.13. The second-order valence-electron chi connectivity index (χ2n) is 3.94. The molecule has 0 saturated heterocycles. The summed E-state index contributed by atoms with van der Waals surface area (Å²) in [5.41, 5.74) is 0.0636. The van der Waals surface area contributed by atoms with Crippen LogP contribution in [0.25, 0.3) is 0 Å². The average Bonchev–Trinajstić information content (AvgIpc) is 2.48. The molecule has 0 aliphatic rings. The van der Waals surface area contributed by atoms with E-state index in [-0.39, 0.29) is 11.1 Å². The molecule has 0 aliphatic carbocycles. The molecule has 108 valence electrons. The number of phosphoric acid groups is 1. The van der Waals surface area contributed by atoms with E-state index in [1.54, 1.807) is 36.4 Å². The maximum atomic E-state index is 11.6. The summed E-state index contributed by atoms with van der Waals surface area (Å²) in [6.45, 7) is 0. The minimum absolute atomic E-state index is 0.0318. The van der Waals surface area contributed by atoms with Crippen molar-refractivity contribution >= 4 is 19.8 Å². The number of phosphoric ester groups is 1. The Morgan fingerprint density at radius 3 is 1.43 bits per heavy atom. The normalized spacial score (nSPS) is 10.7. The first-order valence-electron chi connectivity index (χ1n) is 5.87. The van der Waals surface area contributed by atoms with E-state index in [0.717, 1.165) is 0 Å². The number of hydrogen-bond donors (Lipinski definition) is 0. The van der Waals surface area contributed by atoms with Crippen molar-refractivity contribution in [3.05, 3.63) is 71.8 Å². The number of rotatable bonds is 4. The van der Waals surface area contributed by atoms with Gasteiger partial charge in [0.15, 0.2) is 0 Å². The van der Waals surface area contributed by atoms with Crippen LogP contribution in [0.2, 0.25) is 0 Å². The van der Waals surface area contributed by atoms with E-state index >= 15 is 0 Å². The molecule has 0 aliphatic heterocycles. The summed E-state index contributed by atoms with van der Waals surface area (Å²) in [6, 6.07) is 15.0. The van der Waals surface area contributed by atoms with Crippen molar-refractivity contribution in [2.45, 2.75) is 0 Å². The molecule has 0 saturated carbocycles. The molecule has 0 N–H and O–H groups in total. The molecule has 6 nitrogen and oxygen atoms in total. The molecule has 0 heterocycles. The fourth-order valence-electron chi connectivity index (χ4n) is 1.48. The predicted octanol–water partition coefficient (Wildman–Crippen LogP) is 2.17. The summed E-state index contributed by atoms with van der Waals surface area (Å²) in [7, 11) is -5.08. The highest BCUT2D eigenvalue weighted by atomic mass is 31.2. The lowest BCUT2D eigenvalue weighted by atomic mass is 10.2. The van der Waals surface area contributed by atoms with Crippen LogP contribution in [-0.4, -0.2) is 11.9 Å². The van der Waals surface area contributed by atoms with Crippen LogP contribution >= 0.6 is 7.82 Å². The molecule has 0 bridgehead atoms. The number of carbonyl (C=O) groups excluding carboxylic acids is 2. The Balaban J connectivity index is 2.04. The molecule has 2 aromatic rings. The average molecular weight is 305 g/mol. The first-order chi connectivity index (χ1) is 9.98. The molecule has 2 rings (SSSR count). The van der Waals surface area contributed by atoms with Crippen molar-refractivity contribution in [2.75, 3.05) is 0 Å². The third kappa shape index (κ3) is 4.27. The summed E-state index contributed by atoms with van der Waals surface area (Å²) in [5, 5.41) is 0. The van der Waals surface area contributed by atoms with Gasteiger partial charge in [0.1, 0.15) is 0 Å². The Bertz CT molecular complexity index is 626. The van der Waals surface area contributed by atoms with Gasteiger partial charge in [0.05, 0.1) is 11.1 Å². The fraction of sp³-hybridized carbons (Fsp3) is 0. The largest absolute Gasteiger partial charge is 0.736 e. The molecule has 0 amide bonds. The highest BCUT2D eigenvalue weighted by Crippen LogP contribution is 2.40. The molecular formula is C14H10O6P-. The molecule has 0 atom stereocenters. The van der Waals surface area contributed by atoms with Gasteiger partial charge in [-0.05, 0) is 24.3 Å². The van der Waals surface area contributed by atoms with Crippen molar-refractivity contribution in [1.29, 1.82) is 0 Å². The molecule has 0 radical (unpaired) electrons. The third-order valence-electron chi connectivity index (χ3n) is 2.41. The van der Waals surface area contributed by atoms with Gasteiger partial charge in [0, 0.05) is 0 Å². The van der Waals surface area contributed by atoms with Crippen molar-refractivity contribution in [1.82, 2.24) is 0 Å². The monoisotopic (exact) mass is 305 g/mol. The van der Waals surface area contributed by atoms with Gasteiger partial charge in [-0.3, -0.25) is 0 Å². The molecular weight excluding hydrogens is 295 g/mol. The topological polar surface area (TPSA) is 92.7 Å². The number of hydrogen-bond acceptors (Lipinski definition) is 6. The van der Waals surface area contributed by atoms with Gasteiger partial charge in [0.25, 0.3) is 0 Å². The third-order valence-corrected chi connectivity index (χ3v) is 3.19. The van der Waals surface area contributed by atoms with Gasteiger partial charge in [0.2, 0.25) is 0 Å². The van der Waals surface area contributed by atoms with Gasteiger partial charge in [-0.15, -0.1) is 0 Å². The van der Waals surface area contributed by atoms with Crippen molar-refractivity contribution in [3.8, 4) is 0 Å². The minimum atomic E-state index is -5.08. The van der Waals surface area contributed by atoms with Crippen molar-refractivity contribution < 1.29 is 28.1 Å². The van der Waals surface area contributed by atoms with Crippen LogP contribution < -0.4 is 4.89 Å². The zero-order valence-electron chi connectivity index (χ0n) is 10.7. The lowest BCUT2D eigenvalue weighted by Crippen LogP contribution is -2.16. The molecule has 0 aromatic heterocycles. The Morgan fingerprint density at radius 2 is 1.10 bits per heavy atom. The Kier molecular flexibility index (Phi) is 4.52. The van der Waals surface area contributed by atoms with Gasteiger partial charge >= 0.3 is 19.8 Å². The van der Waals surface area contributed by atoms with E-state index in [0.29, 0.717) is 0 Å². The lowest BCUT2D eigenvalue weighted by Gasteiger charge is -2.21. The zero-order chi connectivity index (χ0) is 15.3. The molecule has 7 heteroatoms. The van der Waals surface area contributed by atoms with Crippen LogP contribution in [0.1, 0.15) is 20.7 Å². The van der Waals surface area contributed by atoms with Crippen LogP contribution in [0.15, 0.2) is 60.7 Å². The van der Waals surface area contributed by atoms with E-state index in [1.807, 2.05) is 0 Å². The quantitative estimate of drug-likeness (QED) is 0.804. The van der Waals surface area contributed by atoms with E-state index in [9.17, 15) is 19.0 Å². The highest BCUT2D eigenvalue weighted by molar-refractivity contribution is 7.47. The summed E-state index contributed by atoms with van der Waals surface area (Å²) in [5.74, 6) is -2.23. The maximum absolute atomic E-state index is 11.6. The summed E-state index contributed by atoms with van der Waals surface area (Å²) in [4.78, 5) is 34.7. The van der Waals surface area contributed by atoms with E-state index in [1.165, 1.54) is 24.3 Å². The van der Waals surface area contributed by atoms with Crippen LogP contribution in [0.4, 0.5) is 0 Å². The summed E-state index contributed by atoms with van der Waals surface area (Å²) in [6.07, 6.45) is 0. The molecule has 21 heavy (non-hydrogen) atoms. The molecule has 0 unspecified atom stereocenters. The van der Waals surface area contributed by atoms with E-state index in [4.69, 9.17) is 0 Å². The smallest absolute Gasteiger partial charge is 0.377 e. The first kappa shape index (κ1) is 15.0. The Labute approximate surface area is 120 Å².